The maximum atomic E-state index is 13.8. The molecular formula is C16H14ClF3N2O2. The van der Waals surface area contributed by atoms with Crippen LogP contribution in [0.3, 0.4) is 0 Å². The first-order valence-corrected chi connectivity index (χ1v) is 7.79. The smallest absolute Gasteiger partial charge is 0.415 e. The van der Waals surface area contributed by atoms with E-state index in [4.69, 9.17) is 11.6 Å². The average Bonchev–Trinajstić information content (AvgIpc) is 3.00. The lowest BCUT2D eigenvalue weighted by Crippen LogP contribution is -2.49. The van der Waals surface area contributed by atoms with Gasteiger partial charge in [0, 0.05) is 10.6 Å². The van der Waals surface area contributed by atoms with Crippen molar-refractivity contribution in [3.05, 3.63) is 28.8 Å². The van der Waals surface area contributed by atoms with Crippen LogP contribution in [0.15, 0.2) is 18.2 Å². The lowest BCUT2D eigenvalue weighted by molar-refractivity contribution is -0.239. The molecule has 4 nitrogen and oxygen atoms in total. The number of amides is 1. The standard InChI is InChI=1S/C16H14ClF3N2O2/c17-11-4-5-13-12(10-11)15(16(18,19)20,24-14(23)21-13)6-3-9-22-7-1-2-8-22/h4-5,10H,1-2,7-9H2,(H,21,23). The normalized spacial score (nSPS) is 23.8. The number of anilines is 1. The summed E-state index contributed by atoms with van der Waals surface area (Å²) in [4.78, 5) is 13.6. The van der Waals surface area contributed by atoms with Gasteiger partial charge in [-0.15, -0.1) is 0 Å². The molecule has 8 heteroatoms. The Morgan fingerprint density at radius 2 is 2.04 bits per heavy atom. The van der Waals surface area contributed by atoms with Crippen LogP contribution in [0.1, 0.15) is 18.4 Å². The van der Waals surface area contributed by atoms with Crippen LogP contribution in [0.4, 0.5) is 23.7 Å². The van der Waals surface area contributed by atoms with E-state index in [1.54, 1.807) is 0 Å². The molecule has 0 bridgehead atoms. The summed E-state index contributed by atoms with van der Waals surface area (Å²) < 4.78 is 46.1. The Kier molecular flexibility index (Phi) is 4.37. The minimum Gasteiger partial charge on any atom is -0.415 e. The molecule has 1 aromatic carbocycles. The summed E-state index contributed by atoms with van der Waals surface area (Å²) in [5.41, 5.74) is -3.34. The van der Waals surface area contributed by atoms with E-state index in [1.807, 2.05) is 4.90 Å². The molecule has 128 valence electrons. The largest absolute Gasteiger partial charge is 0.445 e. The van der Waals surface area contributed by atoms with Gasteiger partial charge in [0.05, 0.1) is 12.2 Å². The Morgan fingerprint density at radius 1 is 1.33 bits per heavy atom. The van der Waals surface area contributed by atoms with E-state index < -0.39 is 17.9 Å². The molecule has 0 radical (unpaired) electrons. The van der Waals surface area contributed by atoms with Crippen LogP contribution < -0.4 is 5.32 Å². The summed E-state index contributed by atoms with van der Waals surface area (Å²) in [6.07, 6.45) is -4.09. The number of benzene rings is 1. The van der Waals surface area contributed by atoms with E-state index in [-0.39, 0.29) is 22.8 Å². The predicted octanol–water partition coefficient (Wildman–Crippen LogP) is 3.76. The zero-order valence-electron chi connectivity index (χ0n) is 12.5. The zero-order valence-corrected chi connectivity index (χ0v) is 13.3. The maximum absolute atomic E-state index is 13.8. The van der Waals surface area contributed by atoms with Gasteiger partial charge in [-0.05, 0) is 50.1 Å². The summed E-state index contributed by atoms with van der Waals surface area (Å²) in [6, 6.07) is 3.82. The molecule has 1 fully saturated rings. The fraction of sp³-hybridized carbons (Fsp3) is 0.438. The van der Waals surface area contributed by atoms with Gasteiger partial charge in [-0.3, -0.25) is 10.2 Å². The van der Waals surface area contributed by atoms with Gasteiger partial charge >= 0.3 is 12.3 Å². The van der Waals surface area contributed by atoms with Crippen LogP contribution in [0.5, 0.6) is 0 Å². The van der Waals surface area contributed by atoms with Crippen LogP contribution in [-0.4, -0.2) is 36.8 Å². The van der Waals surface area contributed by atoms with Crippen molar-refractivity contribution in [2.75, 3.05) is 25.0 Å². The molecule has 2 aliphatic heterocycles. The summed E-state index contributed by atoms with van der Waals surface area (Å²) in [7, 11) is 0. The summed E-state index contributed by atoms with van der Waals surface area (Å²) >= 11 is 5.84. The first-order chi connectivity index (χ1) is 11.3. The molecule has 1 aromatic rings. The molecule has 1 amide bonds. The average molecular weight is 359 g/mol. The number of nitrogens with one attached hydrogen (secondary N) is 1. The van der Waals surface area contributed by atoms with Gasteiger partial charge in [0.25, 0.3) is 5.60 Å². The van der Waals surface area contributed by atoms with Gasteiger partial charge in [-0.2, -0.15) is 13.2 Å². The number of likely N-dealkylation sites (tertiary alicyclic amines) is 1. The zero-order chi connectivity index (χ0) is 17.4. The number of hydrogen-bond acceptors (Lipinski definition) is 3. The van der Waals surface area contributed by atoms with Gasteiger partial charge in [0.1, 0.15) is 0 Å². The summed E-state index contributed by atoms with van der Waals surface area (Å²) in [5.74, 6) is 4.69. The number of ether oxygens (including phenoxy) is 1. The number of halogens is 4. The quantitative estimate of drug-likeness (QED) is 0.777. The van der Waals surface area contributed by atoms with Crippen molar-refractivity contribution < 1.29 is 22.7 Å². The first kappa shape index (κ1) is 16.9. The molecule has 2 heterocycles. The van der Waals surface area contributed by atoms with E-state index in [0.29, 0.717) is 0 Å². The predicted molar refractivity (Wildman–Crippen MR) is 82.7 cm³/mol. The molecule has 0 spiro atoms. The minimum absolute atomic E-state index is 0.0107. The Morgan fingerprint density at radius 3 is 2.71 bits per heavy atom. The van der Waals surface area contributed by atoms with Gasteiger partial charge in [0.15, 0.2) is 0 Å². The minimum atomic E-state index is -4.90. The molecule has 1 unspecified atom stereocenters. The lowest BCUT2D eigenvalue weighted by atomic mass is 9.90. The molecular weight excluding hydrogens is 345 g/mol. The number of nitrogens with zero attached hydrogens (tertiary/aromatic N) is 1. The van der Waals surface area contributed by atoms with E-state index in [1.165, 1.54) is 12.1 Å². The Balaban J connectivity index is 2.05. The van der Waals surface area contributed by atoms with Crippen LogP contribution in [0.25, 0.3) is 0 Å². The molecule has 0 aromatic heterocycles. The monoisotopic (exact) mass is 358 g/mol. The fourth-order valence-corrected chi connectivity index (χ4v) is 3.01. The number of cyclic esters (lactones) is 1. The SMILES string of the molecule is O=C1Nc2ccc(Cl)cc2C(C#CCN2CCCC2)(C(F)(F)F)O1. The van der Waals surface area contributed by atoms with Gasteiger partial charge in [-0.1, -0.05) is 17.5 Å². The van der Waals surface area contributed by atoms with E-state index in [9.17, 15) is 18.0 Å². The number of carbonyl (C=O) groups is 1. The maximum Gasteiger partial charge on any atom is 0.445 e. The fourth-order valence-electron chi connectivity index (χ4n) is 2.84. The lowest BCUT2D eigenvalue weighted by Gasteiger charge is -2.35. The van der Waals surface area contributed by atoms with E-state index in [2.05, 4.69) is 21.9 Å². The Labute approximate surface area is 141 Å². The van der Waals surface area contributed by atoms with Crippen LogP contribution >= 0.6 is 11.6 Å². The molecule has 1 N–H and O–H groups in total. The molecule has 3 rings (SSSR count). The van der Waals surface area contributed by atoms with E-state index >= 15 is 0 Å². The molecule has 0 aliphatic carbocycles. The summed E-state index contributed by atoms with van der Waals surface area (Å²) in [6.45, 7) is 1.80. The highest BCUT2D eigenvalue weighted by Crippen LogP contribution is 2.47. The third-order valence-corrected chi connectivity index (χ3v) is 4.24. The highest BCUT2D eigenvalue weighted by Gasteiger charge is 2.61. The van der Waals surface area contributed by atoms with Crippen molar-refractivity contribution >= 4 is 23.4 Å². The number of fused-ring (bicyclic) bond motifs is 1. The molecule has 2 aliphatic rings. The highest BCUT2D eigenvalue weighted by atomic mass is 35.5. The van der Waals surface area contributed by atoms with Crippen molar-refractivity contribution in [2.24, 2.45) is 0 Å². The number of rotatable bonds is 1. The molecule has 24 heavy (non-hydrogen) atoms. The second-order valence-corrected chi connectivity index (χ2v) is 6.10. The van der Waals surface area contributed by atoms with Crippen molar-refractivity contribution in [1.82, 2.24) is 4.90 Å². The van der Waals surface area contributed by atoms with E-state index in [0.717, 1.165) is 32.0 Å². The highest BCUT2D eigenvalue weighted by molar-refractivity contribution is 6.30. The molecule has 0 saturated carbocycles. The van der Waals surface area contributed by atoms with Gasteiger partial charge in [0.2, 0.25) is 0 Å². The number of carbonyl (C=O) groups excluding carboxylic acids is 1. The van der Waals surface area contributed by atoms with Crippen molar-refractivity contribution in [3.8, 4) is 11.8 Å². The van der Waals surface area contributed by atoms with Gasteiger partial charge in [-0.25, -0.2) is 4.79 Å². The molecule has 1 atom stereocenters. The second kappa shape index (κ2) is 6.19. The van der Waals surface area contributed by atoms with Crippen LogP contribution in [0.2, 0.25) is 5.02 Å². The van der Waals surface area contributed by atoms with Crippen molar-refractivity contribution in [1.29, 1.82) is 0 Å². The number of alkyl halides is 3. The topological polar surface area (TPSA) is 41.6 Å². The van der Waals surface area contributed by atoms with Gasteiger partial charge < -0.3 is 4.74 Å². The third kappa shape index (κ3) is 3.04. The Bertz CT molecular complexity index is 720. The van der Waals surface area contributed by atoms with Crippen molar-refractivity contribution in [3.63, 3.8) is 0 Å². The Hall–Kier alpha value is -1.91. The number of hydrogen-bond donors (Lipinski definition) is 1. The van der Waals surface area contributed by atoms with Crippen LogP contribution in [-0.2, 0) is 10.3 Å². The summed E-state index contributed by atoms with van der Waals surface area (Å²) in [5, 5.41) is 2.35. The second-order valence-electron chi connectivity index (χ2n) is 5.67. The third-order valence-electron chi connectivity index (χ3n) is 4.01. The molecule has 1 saturated heterocycles. The first-order valence-electron chi connectivity index (χ1n) is 7.41. The van der Waals surface area contributed by atoms with Crippen molar-refractivity contribution in [2.45, 2.75) is 24.6 Å². The van der Waals surface area contributed by atoms with Crippen LogP contribution in [0, 0.1) is 11.8 Å².